The highest BCUT2D eigenvalue weighted by Gasteiger charge is 2.66. The van der Waals surface area contributed by atoms with Crippen molar-refractivity contribution in [3.63, 3.8) is 0 Å². The Labute approximate surface area is 246 Å². The van der Waals surface area contributed by atoms with Gasteiger partial charge in [0.15, 0.2) is 5.60 Å². The second-order valence-corrected chi connectivity index (χ2v) is 16.2. The highest BCUT2D eigenvalue weighted by molar-refractivity contribution is 9.10. The van der Waals surface area contributed by atoms with Crippen LogP contribution in [0.15, 0.2) is 82.2 Å². The minimum Gasteiger partial charge on any atom is -0.396 e. The number of rotatable bonds is 6. The van der Waals surface area contributed by atoms with Gasteiger partial charge in [0.05, 0.1) is 35.6 Å². The first kappa shape index (κ1) is 28.0. The van der Waals surface area contributed by atoms with E-state index in [2.05, 4.69) is 21.0 Å². The fourth-order valence-electron chi connectivity index (χ4n) is 6.82. The zero-order valence-electron chi connectivity index (χ0n) is 23.1. The first-order valence-corrected chi connectivity index (χ1v) is 17.5. The first-order chi connectivity index (χ1) is 19.6. The van der Waals surface area contributed by atoms with Crippen LogP contribution in [0.4, 0.5) is 9.80 Å². The molecule has 0 radical (unpaired) electrons. The number of nitrogens with zero attached hydrogens (tertiary/aromatic N) is 3. The van der Waals surface area contributed by atoms with Gasteiger partial charge in [0.2, 0.25) is 8.41 Å². The lowest BCUT2D eigenvalue weighted by Crippen LogP contribution is -2.45. The fourth-order valence-corrected chi connectivity index (χ4v) is 9.72. The minimum absolute atomic E-state index is 0.146. The summed E-state index contributed by atoms with van der Waals surface area (Å²) in [6, 6.07) is 20.4. The zero-order chi connectivity index (χ0) is 29.1. The Morgan fingerprint density at radius 2 is 1.88 bits per heavy atom. The summed E-state index contributed by atoms with van der Waals surface area (Å²) in [6.45, 7) is 5.28. The molecule has 1 spiro atoms. The largest absolute Gasteiger partial charge is 0.396 e. The van der Waals surface area contributed by atoms with Crippen molar-refractivity contribution in [1.82, 2.24) is 9.78 Å². The maximum Gasteiger partial charge on any atom is 0.279 e. The van der Waals surface area contributed by atoms with E-state index in [0.717, 1.165) is 15.4 Å². The van der Waals surface area contributed by atoms with E-state index in [1.165, 1.54) is 4.68 Å². The van der Waals surface area contributed by atoms with Gasteiger partial charge >= 0.3 is 0 Å². The molecule has 1 aromatic heterocycles. The van der Waals surface area contributed by atoms with Gasteiger partial charge in [0, 0.05) is 33.5 Å². The molecule has 4 aromatic rings. The summed E-state index contributed by atoms with van der Waals surface area (Å²) in [5, 5.41) is 15.5. The number of aliphatic hydroxyl groups is 1. The summed E-state index contributed by atoms with van der Waals surface area (Å²) in [6.07, 6.45) is 1.37. The van der Waals surface area contributed by atoms with E-state index >= 15 is 4.11 Å². The molecule has 1 N–H and O–H groups in total. The van der Waals surface area contributed by atoms with Crippen molar-refractivity contribution < 1.29 is 18.7 Å². The third kappa shape index (κ3) is 4.48. The molecule has 0 saturated carbocycles. The van der Waals surface area contributed by atoms with Crippen molar-refractivity contribution >= 4 is 46.7 Å². The zero-order valence-corrected chi connectivity index (χ0v) is 25.6. The van der Waals surface area contributed by atoms with Crippen LogP contribution < -0.4 is 10.5 Å². The standard InChI is InChI=1S/C31H31BrFN3O4Si/c1-19-28(41(2,3)33)27(13-14-37)40-31(19)25-16-22(32)11-12-26(25)35(30(31)39)18-20-7-6-9-23(15-20)36-29(38)24-10-5-4-8-21(24)17-34-36/h4-12,15-17,19,27-28,37H,13-14,18H2,1-3H3/t19-,27+,28-,31+/m1/s1. The van der Waals surface area contributed by atoms with Crippen molar-refractivity contribution in [3.05, 3.63) is 98.9 Å². The monoisotopic (exact) mass is 635 g/mol. The number of aromatic nitrogens is 2. The van der Waals surface area contributed by atoms with E-state index in [4.69, 9.17) is 4.74 Å². The number of anilines is 1. The molecule has 1 fully saturated rings. The van der Waals surface area contributed by atoms with Gasteiger partial charge in [0.25, 0.3) is 11.5 Å². The number of carbonyl (C=O) groups is 1. The predicted molar refractivity (Wildman–Crippen MR) is 162 cm³/mol. The summed E-state index contributed by atoms with van der Waals surface area (Å²) >= 11 is 3.55. The smallest absolute Gasteiger partial charge is 0.279 e. The van der Waals surface area contributed by atoms with Gasteiger partial charge in [-0.2, -0.15) is 9.78 Å². The highest BCUT2D eigenvalue weighted by Crippen LogP contribution is 2.60. The van der Waals surface area contributed by atoms with Gasteiger partial charge in [0.1, 0.15) is 0 Å². The minimum atomic E-state index is -3.27. The van der Waals surface area contributed by atoms with Crippen molar-refractivity contribution in [2.45, 2.75) is 50.2 Å². The van der Waals surface area contributed by atoms with Crippen LogP contribution >= 0.6 is 15.9 Å². The van der Waals surface area contributed by atoms with Crippen LogP contribution in [-0.4, -0.2) is 41.9 Å². The topological polar surface area (TPSA) is 84.7 Å². The molecule has 6 rings (SSSR count). The van der Waals surface area contributed by atoms with Gasteiger partial charge in [-0.1, -0.05) is 53.2 Å². The fraction of sp³-hybridized carbons (Fsp3) is 0.323. The first-order valence-electron chi connectivity index (χ1n) is 13.7. The highest BCUT2D eigenvalue weighted by atomic mass is 79.9. The molecule has 2 aliphatic heterocycles. The quantitative estimate of drug-likeness (QED) is 0.212. The van der Waals surface area contributed by atoms with Crippen LogP contribution in [0.25, 0.3) is 16.5 Å². The molecule has 41 heavy (non-hydrogen) atoms. The predicted octanol–water partition coefficient (Wildman–Crippen LogP) is 5.85. The number of fused-ring (bicyclic) bond motifs is 3. The van der Waals surface area contributed by atoms with Crippen LogP contribution in [0.3, 0.4) is 0 Å². The summed E-state index contributed by atoms with van der Waals surface area (Å²) in [5.41, 5.74) is 0.773. The molecular formula is C31H31BrFN3O4Si. The Bertz CT molecular complexity index is 1720. The lowest BCUT2D eigenvalue weighted by atomic mass is 9.82. The lowest BCUT2D eigenvalue weighted by molar-refractivity contribution is -0.146. The number of aliphatic hydroxyl groups excluding tert-OH is 1. The average Bonchev–Trinajstić information content (AvgIpc) is 3.36. The third-order valence-corrected chi connectivity index (χ3v) is 11.5. The van der Waals surface area contributed by atoms with Crippen LogP contribution in [-0.2, 0) is 21.7 Å². The lowest BCUT2D eigenvalue weighted by Gasteiger charge is -2.31. The molecule has 1 saturated heterocycles. The molecule has 4 atom stereocenters. The van der Waals surface area contributed by atoms with Crippen molar-refractivity contribution in [1.29, 1.82) is 0 Å². The van der Waals surface area contributed by atoms with Gasteiger partial charge in [-0.05, 0) is 61.5 Å². The molecule has 212 valence electrons. The molecule has 3 heterocycles. The van der Waals surface area contributed by atoms with E-state index in [0.29, 0.717) is 22.3 Å². The molecule has 3 aromatic carbocycles. The molecular weight excluding hydrogens is 605 g/mol. The van der Waals surface area contributed by atoms with Crippen LogP contribution in [0, 0.1) is 5.92 Å². The maximum absolute atomic E-state index is 15.7. The van der Waals surface area contributed by atoms with E-state index in [9.17, 15) is 14.7 Å². The van der Waals surface area contributed by atoms with E-state index in [1.54, 1.807) is 30.3 Å². The van der Waals surface area contributed by atoms with E-state index in [1.807, 2.05) is 67.6 Å². The second-order valence-electron chi connectivity index (χ2n) is 11.5. The number of halogens is 2. The van der Waals surface area contributed by atoms with Crippen LogP contribution in [0.1, 0.15) is 24.5 Å². The van der Waals surface area contributed by atoms with E-state index < -0.39 is 31.6 Å². The Balaban J connectivity index is 1.40. The molecule has 0 aliphatic carbocycles. The van der Waals surface area contributed by atoms with E-state index in [-0.39, 0.29) is 31.0 Å². The molecule has 0 bridgehead atoms. The average molecular weight is 637 g/mol. The summed E-state index contributed by atoms with van der Waals surface area (Å²) in [5.74, 6) is -0.670. The molecule has 7 nitrogen and oxygen atoms in total. The van der Waals surface area contributed by atoms with Crippen LogP contribution in [0.5, 0.6) is 0 Å². The van der Waals surface area contributed by atoms with Crippen molar-refractivity contribution in [2.24, 2.45) is 5.92 Å². The number of hydrogen-bond acceptors (Lipinski definition) is 5. The maximum atomic E-state index is 15.7. The van der Waals surface area contributed by atoms with Crippen LogP contribution in [0.2, 0.25) is 18.6 Å². The summed E-state index contributed by atoms with van der Waals surface area (Å²) in [4.78, 5) is 29.3. The SMILES string of the molecule is C[C@@H]1[C@@H]([Si](C)(C)F)[C@H](CCO)O[C@@]12C(=O)N(Cc1cccc(-n3ncc4ccccc4c3=O)c1)c1ccc(Br)cc12. The Kier molecular flexibility index (Phi) is 7.00. The molecule has 0 unspecified atom stereocenters. The Morgan fingerprint density at radius 3 is 2.63 bits per heavy atom. The van der Waals surface area contributed by atoms with Crippen molar-refractivity contribution in [3.8, 4) is 5.69 Å². The Hall–Kier alpha value is -3.18. The normalized spacial score (nSPS) is 24.0. The Morgan fingerprint density at radius 1 is 1.10 bits per heavy atom. The van der Waals surface area contributed by atoms with Gasteiger partial charge in [-0.3, -0.25) is 9.59 Å². The number of hydrogen-bond donors (Lipinski definition) is 1. The number of carbonyl (C=O) groups excluding carboxylic acids is 1. The molecule has 10 heteroatoms. The summed E-state index contributed by atoms with van der Waals surface area (Å²) < 4.78 is 24.5. The number of ether oxygens (including phenoxy) is 1. The second kappa shape index (κ2) is 10.3. The van der Waals surface area contributed by atoms with Gasteiger partial charge < -0.3 is 18.9 Å². The summed E-state index contributed by atoms with van der Waals surface area (Å²) in [7, 11) is -3.27. The molecule has 2 aliphatic rings. The molecule has 1 amide bonds. The van der Waals surface area contributed by atoms with Gasteiger partial charge in [-0.15, -0.1) is 0 Å². The third-order valence-electron chi connectivity index (χ3n) is 8.53. The van der Waals surface area contributed by atoms with Gasteiger partial charge in [-0.25, -0.2) is 0 Å². The number of amides is 1. The number of benzene rings is 3. The van der Waals surface area contributed by atoms with Crippen molar-refractivity contribution in [2.75, 3.05) is 11.5 Å².